The van der Waals surface area contributed by atoms with Gasteiger partial charge in [0, 0.05) is 0 Å². The first-order valence-corrected chi connectivity index (χ1v) is 3.43. The molecule has 1 rings (SSSR count). The zero-order valence-corrected chi connectivity index (χ0v) is 7.88. The molecule has 0 aromatic heterocycles. The minimum Gasteiger partial charge on any atom is -1.00 e. The fraction of sp³-hybridized carbons (Fsp3) is 0.857. The van der Waals surface area contributed by atoms with Gasteiger partial charge in [0.2, 0.25) is 0 Å². The van der Waals surface area contributed by atoms with Gasteiger partial charge in [-0.3, -0.25) is 0 Å². The second-order valence-corrected chi connectivity index (χ2v) is 3.33. The van der Waals surface area contributed by atoms with E-state index in [1.807, 2.05) is 0 Å². The van der Waals surface area contributed by atoms with E-state index in [4.69, 9.17) is 14.6 Å². The largest absolute Gasteiger partial charge is 1.00 e. The maximum atomic E-state index is 10.6. The van der Waals surface area contributed by atoms with Crippen molar-refractivity contribution in [2.24, 2.45) is 0 Å². The van der Waals surface area contributed by atoms with Crippen molar-refractivity contribution in [2.45, 2.75) is 32.2 Å². The zero-order valence-electron chi connectivity index (χ0n) is 8.88. The third-order valence-electron chi connectivity index (χ3n) is 1.62. The van der Waals surface area contributed by atoms with Crippen molar-refractivity contribution in [3.8, 4) is 0 Å². The molecule has 0 bridgehead atoms. The Morgan fingerprint density at radius 1 is 1.50 bits per heavy atom. The molecule has 1 aliphatic heterocycles. The number of carbonyl (C=O) groups is 1. The van der Waals surface area contributed by atoms with E-state index in [1.54, 1.807) is 13.8 Å². The van der Waals surface area contributed by atoms with Crippen molar-refractivity contribution < 1.29 is 39.7 Å². The van der Waals surface area contributed by atoms with E-state index in [1.165, 1.54) is 6.92 Å². The molecule has 0 aromatic rings. The van der Waals surface area contributed by atoms with Crippen LogP contribution in [0, 0.1) is 0 Å². The number of aliphatic carboxylic acids is 1. The van der Waals surface area contributed by atoms with Gasteiger partial charge in [-0.2, -0.15) is 0 Å². The molecule has 1 fully saturated rings. The number of hydrogen-bond donors (Lipinski definition) is 1. The van der Waals surface area contributed by atoms with E-state index < -0.39 is 17.4 Å². The number of carboxylic acid groups (broad SMARTS) is 1. The Bertz CT molecular complexity index is 197. The summed E-state index contributed by atoms with van der Waals surface area (Å²) in [7, 11) is 0. The molecule has 1 N–H and O–H groups in total. The number of carboxylic acids is 1. The normalized spacial score (nSPS) is 32.6. The second kappa shape index (κ2) is 3.39. The predicted molar refractivity (Wildman–Crippen MR) is 38.3 cm³/mol. The zero-order chi connectivity index (χ0) is 8.70. The number of hydrogen-bond acceptors (Lipinski definition) is 3. The van der Waals surface area contributed by atoms with Crippen LogP contribution in [0.1, 0.15) is 22.2 Å². The summed E-state index contributed by atoms with van der Waals surface area (Å²) >= 11 is 0. The summed E-state index contributed by atoms with van der Waals surface area (Å²) in [4.78, 5) is 10.6. The average Bonchev–Trinajstić information content (AvgIpc) is 2.08. The summed E-state index contributed by atoms with van der Waals surface area (Å²) in [6.45, 7) is 5.00. The van der Waals surface area contributed by atoms with Crippen molar-refractivity contribution in [2.75, 3.05) is 6.61 Å². The Balaban J connectivity index is 0. The van der Waals surface area contributed by atoms with Crippen LogP contribution in [0.25, 0.3) is 0 Å². The number of ether oxygens (including phenoxy) is 2. The summed E-state index contributed by atoms with van der Waals surface area (Å²) < 4.78 is 10.3. The van der Waals surface area contributed by atoms with Crippen LogP contribution in [-0.4, -0.2) is 29.1 Å². The van der Waals surface area contributed by atoms with Crippen LogP contribution in [0.15, 0.2) is 0 Å². The van der Waals surface area contributed by atoms with Crippen molar-refractivity contribution in [1.82, 2.24) is 0 Å². The van der Waals surface area contributed by atoms with Crippen LogP contribution in [0.2, 0.25) is 0 Å². The van der Waals surface area contributed by atoms with E-state index in [0.29, 0.717) is 0 Å². The third kappa shape index (κ3) is 2.24. The molecule has 0 amide bonds. The van der Waals surface area contributed by atoms with Gasteiger partial charge in [-0.25, -0.2) is 4.79 Å². The van der Waals surface area contributed by atoms with Crippen LogP contribution >= 0.6 is 0 Å². The van der Waals surface area contributed by atoms with E-state index in [2.05, 4.69) is 0 Å². The Morgan fingerprint density at radius 2 is 2.00 bits per heavy atom. The molecule has 5 heteroatoms. The molecule has 4 nitrogen and oxygen atoms in total. The summed E-state index contributed by atoms with van der Waals surface area (Å²) in [5.74, 6) is -1.75. The molecule has 0 saturated carbocycles. The smallest absolute Gasteiger partial charge is 1.00 e. The average molecular weight is 168 g/mol. The standard InChI is InChI=1S/C7H12O4.Li.H/c1-6(2)10-4-7(3,11-6)5(8)9;;/h4H2,1-3H3,(H,8,9);;/q;+1;-1/t7-;;/m0../s1. The van der Waals surface area contributed by atoms with Gasteiger partial charge in [0.05, 0.1) is 6.61 Å². The summed E-state index contributed by atoms with van der Waals surface area (Å²) in [5, 5.41) is 8.70. The Morgan fingerprint density at radius 3 is 2.17 bits per heavy atom. The molecule has 66 valence electrons. The molecule has 0 unspecified atom stereocenters. The van der Waals surface area contributed by atoms with Crippen LogP contribution in [-0.2, 0) is 14.3 Å². The van der Waals surface area contributed by atoms with Gasteiger partial charge in [-0.15, -0.1) is 0 Å². The molecule has 12 heavy (non-hydrogen) atoms. The summed E-state index contributed by atoms with van der Waals surface area (Å²) in [6, 6.07) is 0. The second-order valence-electron chi connectivity index (χ2n) is 3.33. The Labute approximate surface area is 84.9 Å². The first-order chi connectivity index (χ1) is 4.86. The van der Waals surface area contributed by atoms with Gasteiger partial charge in [0.25, 0.3) is 0 Å². The molecule has 1 atom stereocenters. The molecular weight excluding hydrogens is 155 g/mol. The van der Waals surface area contributed by atoms with E-state index in [-0.39, 0.29) is 26.9 Å². The van der Waals surface area contributed by atoms with Crippen molar-refractivity contribution in [3.63, 3.8) is 0 Å². The van der Waals surface area contributed by atoms with E-state index in [0.717, 1.165) is 0 Å². The molecule has 0 aromatic carbocycles. The quantitative estimate of drug-likeness (QED) is 0.448. The molecular formula is C7H13LiO4. The van der Waals surface area contributed by atoms with Gasteiger partial charge >= 0.3 is 24.8 Å². The number of rotatable bonds is 1. The monoisotopic (exact) mass is 168 g/mol. The molecule has 1 aliphatic rings. The van der Waals surface area contributed by atoms with Gasteiger partial charge in [-0.05, 0) is 20.8 Å². The Kier molecular flexibility index (Phi) is 3.38. The summed E-state index contributed by atoms with van der Waals surface area (Å²) in [5.41, 5.74) is -1.18. The fourth-order valence-electron chi connectivity index (χ4n) is 1.02. The van der Waals surface area contributed by atoms with Gasteiger partial charge < -0.3 is 16.0 Å². The van der Waals surface area contributed by atoms with Crippen molar-refractivity contribution in [3.05, 3.63) is 0 Å². The van der Waals surface area contributed by atoms with Crippen LogP contribution < -0.4 is 18.9 Å². The molecule has 1 heterocycles. The first kappa shape index (κ1) is 12.0. The van der Waals surface area contributed by atoms with Crippen LogP contribution in [0.5, 0.6) is 0 Å². The van der Waals surface area contributed by atoms with Crippen molar-refractivity contribution in [1.29, 1.82) is 0 Å². The van der Waals surface area contributed by atoms with Gasteiger partial charge in [0.1, 0.15) is 0 Å². The van der Waals surface area contributed by atoms with Crippen LogP contribution in [0.3, 0.4) is 0 Å². The van der Waals surface area contributed by atoms with Crippen molar-refractivity contribution >= 4 is 5.97 Å². The summed E-state index contributed by atoms with van der Waals surface area (Å²) in [6.07, 6.45) is 0. The maximum Gasteiger partial charge on any atom is 1.00 e. The van der Waals surface area contributed by atoms with E-state index in [9.17, 15) is 4.79 Å². The van der Waals surface area contributed by atoms with Crippen LogP contribution in [0.4, 0.5) is 0 Å². The maximum absolute atomic E-state index is 10.6. The minimum absolute atomic E-state index is 0. The first-order valence-electron chi connectivity index (χ1n) is 3.43. The Hall–Kier alpha value is -0.0126. The predicted octanol–water partition coefficient (Wildman–Crippen LogP) is -2.27. The van der Waals surface area contributed by atoms with Gasteiger partial charge in [-0.1, -0.05) is 0 Å². The molecule has 0 spiro atoms. The molecule has 1 saturated heterocycles. The molecule has 0 aliphatic carbocycles. The third-order valence-corrected chi connectivity index (χ3v) is 1.62. The SMILES string of the molecule is CC1(C)OC[C@@](C)(C(=O)O)O1.[H-].[Li+]. The topological polar surface area (TPSA) is 55.8 Å². The fourth-order valence-corrected chi connectivity index (χ4v) is 1.02. The van der Waals surface area contributed by atoms with Gasteiger partial charge in [0.15, 0.2) is 11.4 Å². The minimum atomic E-state index is -1.18. The van der Waals surface area contributed by atoms with E-state index >= 15 is 0 Å². The molecule has 0 radical (unpaired) electrons.